The van der Waals surface area contributed by atoms with Crippen LogP contribution in [0.3, 0.4) is 0 Å². The number of fused-ring (bicyclic) bond motifs is 5. The second kappa shape index (κ2) is 12.7. The summed E-state index contributed by atoms with van der Waals surface area (Å²) in [6.07, 6.45) is 2.49. The van der Waals surface area contributed by atoms with Crippen LogP contribution >= 0.6 is 0 Å². The molecule has 0 amide bonds. The molecular weight excluding hydrogens is 711 g/mol. The molecule has 2 N–H and O–H groups in total. The van der Waals surface area contributed by atoms with E-state index >= 15 is 4.79 Å². The van der Waals surface area contributed by atoms with Gasteiger partial charge in [0.05, 0.1) is 24.2 Å². The summed E-state index contributed by atoms with van der Waals surface area (Å²) in [5.74, 6) is -2.16. The monoisotopic (exact) mass is 757 g/mol. The smallest absolute Gasteiger partial charge is 0.265 e. The van der Waals surface area contributed by atoms with Crippen molar-refractivity contribution >= 4 is 22.3 Å². The van der Waals surface area contributed by atoms with Gasteiger partial charge in [0, 0.05) is 41.9 Å². The van der Waals surface area contributed by atoms with E-state index in [0.717, 1.165) is 46.9 Å². The van der Waals surface area contributed by atoms with Crippen molar-refractivity contribution in [3.8, 4) is 23.1 Å². The lowest BCUT2D eigenvalue weighted by atomic mass is 9.44. The van der Waals surface area contributed by atoms with Crippen molar-refractivity contribution < 1.29 is 43.3 Å². The number of hydrogen-bond donors (Lipinski definition) is 2. The van der Waals surface area contributed by atoms with Gasteiger partial charge in [0.1, 0.15) is 36.0 Å². The van der Waals surface area contributed by atoms with Crippen LogP contribution in [0.2, 0.25) is 0 Å². The molecule has 1 saturated carbocycles. The number of aliphatic hydroxyl groups is 1. The van der Waals surface area contributed by atoms with Crippen molar-refractivity contribution in [1.29, 1.82) is 0 Å². The molecule has 10 heteroatoms. The fourth-order valence-corrected chi connectivity index (χ4v) is 11.2. The minimum absolute atomic E-state index is 0.0280. The fraction of sp³-hybridized carbons (Fsp3) is 0.413. The molecule has 5 aromatic rings. The SMILES string of the molecule is COc1cc(OCc2ccccc2)c2c(O)c3c(c4c2c1C1(C4)C(C)(C)CCCC1(C)C)[C@@H](OC)[C@H]1Cc2onc(OCc4ccccc4)c2C(=O)[C@@]1(O)C3=O. The van der Waals surface area contributed by atoms with Gasteiger partial charge in [-0.3, -0.25) is 9.59 Å². The van der Waals surface area contributed by atoms with E-state index in [0.29, 0.717) is 28.9 Å². The Kier molecular flexibility index (Phi) is 8.24. The van der Waals surface area contributed by atoms with Gasteiger partial charge in [-0.15, -0.1) is 0 Å². The third kappa shape index (κ3) is 4.78. The van der Waals surface area contributed by atoms with E-state index in [1.165, 1.54) is 7.11 Å². The second-order valence-corrected chi connectivity index (χ2v) is 17.2. The summed E-state index contributed by atoms with van der Waals surface area (Å²) >= 11 is 0. The number of hydrogen-bond acceptors (Lipinski definition) is 10. The molecule has 1 spiro atoms. The van der Waals surface area contributed by atoms with Crippen molar-refractivity contribution in [3.05, 3.63) is 111 Å². The number of aromatic hydroxyl groups is 1. The van der Waals surface area contributed by atoms with Crippen LogP contribution in [0.1, 0.15) is 107 Å². The largest absolute Gasteiger partial charge is 0.506 e. The molecule has 4 aliphatic carbocycles. The van der Waals surface area contributed by atoms with Crippen LogP contribution in [-0.2, 0) is 36.2 Å². The molecule has 1 aromatic heterocycles. The first-order valence-electron chi connectivity index (χ1n) is 19.4. The van der Waals surface area contributed by atoms with E-state index < -0.39 is 34.6 Å². The molecule has 1 heterocycles. The van der Waals surface area contributed by atoms with Crippen molar-refractivity contribution in [1.82, 2.24) is 5.16 Å². The average Bonchev–Trinajstić information content (AvgIpc) is 3.78. The van der Waals surface area contributed by atoms with Gasteiger partial charge in [-0.1, -0.05) is 94.8 Å². The number of ether oxygens (including phenoxy) is 4. The topological polar surface area (TPSA) is 138 Å². The first-order valence-corrected chi connectivity index (χ1v) is 19.4. The molecule has 0 radical (unpaired) electrons. The van der Waals surface area contributed by atoms with Gasteiger partial charge in [-0.05, 0) is 57.5 Å². The minimum atomic E-state index is -2.62. The summed E-state index contributed by atoms with van der Waals surface area (Å²) in [5.41, 5.74) is 0.228. The molecule has 0 saturated heterocycles. The van der Waals surface area contributed by atoms with Crippen molar-refractivity contribution in [2.45, 2.75) is 90.1 Å². The van der Waals surface area contributed by atoms with Gasteiger partial charge in [-0.25, -0.2) is 0 Å². The standard InChI is InChI=1S/C46H47NO9/c1-43(2)18-13-19-44(3,4)45(43)22-27-32-34(29(21-31(52-5)37(32)45)54-23-25-14-9-7-10-15-25)38(48)36-33(27)39(53-6)28-20-30-35(40(49)46(28,51)41(36)50)42(47-56-30)55-24-26-16-11-8-12-17-26/h7-12,14-17,21,28,39,48,51H,13,18-20,22-24H2,1-6H3/t28-,39+,46-/m1/s1. The van der Waals surface area contributed by atoms with Crippen molar-refractivity contribution in [2.75, 3.05) is 14.2 Å². The Morgan fingerprint density at radius 1 is 0.821 bits per heavy atom. The van der Waals surface area contributed by atoms with Crippen LogP contribution in [0.4, 0.5) is 0 Å². The fourth-order valence-electron chi connectivity index (χ4n) is 11.2. The zero-order valence-corrected chi connectivity index (χ0v) is 32.7. The number of ketones is 2. The number of nitrogens with zero attached hydrogens (tertiary/aromatic N) is 1. The van der Waals surface area contributed by atoms with Crippen LogP contribution in [0.5, 0.6) is 23.1 Å². The number of carbonyl (C=O) groups is 2. The van der Waals surface area contributed by atoms with Crippen LogP contribution in [-0.4, -0.2) is 46.8 Å². The highest BCUT2D eigenvalue weighted by atomic mass is 16.5. The average molecular weight is 758 g/mol. The zero-order valence-electron chi connectivity index (χ0n) is 32.7. The van der Waals surface area contributed by atoms with Gasteiger partial charge in [0.2, 0.25) is 11.6 Å². The molecule has 10 nitrogen and oxygen atoms in total. The molecule has 1 fully saturated rings. The predicted octanol–water partition coefficient (Wildman–Crippen LogP) is 8.40. The zero-order chi connectivity index (χ0) is 39.4. The number of benzene rings is 4. The highest BCUT2D eigenvalue weighted by Crippen LogP contribution is 2.70. The number of carbonyl (C=O) groups excluding carboxylic acids is 2. The molecule has 4 aromatic carbocycles. The normalized spacial score (nSPS) is 23.8. The lowest BCUT2D eigenvalue weighted by molar-refractivity contribution is -0.0613. The maximum Gasteiger partial charge on any atom is 0.265 e. The predicted molar refractivity (Wildman–Crippen MR) is 208 cm³/mol. The molecule has 0 unspecified atom stereocenters. The van der Waals surface area contributed by atoms with Gasteiger partial charge in [-0.2, -0.15) is 0 Å². The third-order valence-corrected chi connectivity index (χ3v) is 13.8. The van der Waals surface area contributed by atoms with Gasteiger partial charge >= 0.3 is 0 Å². The molecule has 4 aliphatic rings. The molecule has 0 aliphatic heterocycles. The lowest BCUT2D eigenvalue weighted by Gasteiger charge is -2.59. The first-order chi connectivity index (χ1) is 26.8. The van der Waals surface area contributed by atoms with E-state index in [1.54, 1.807) is 7.11 Å². The molecule has 3 atom stereocenters. The molecular formula is C46H47NO9. The minimum Gasteiger partial charge on any atom is -0.506 e. The molecule has 0 bridgehead atoms. The molecule has 290 valence electrons. The van der Waals surface area contributed by atoms with E-state index in [2.05, 4.69) is 32.9 Å². The van der Waals surface area contributed by atoms with E-state index in [9.17, 15) is 15.0 Å². The number of Topliss-reactive ketones (excluding diaryl/α,β-unsaturated/α-hetero) is 2. The van der Waals surface area contributed by atoms with Crippen LogP contribution < -0.4 is 14.2 Å². The van der Waals surface area contributed by atoms with E-state index in [-0.39, 0.29) is 59.0 Å². The number of rotatable bonds is 8. The summed E-state index contributed by atoms with van der Waals surface area (Å²) in [4.78, 5) is 29.9. The third-order valence-electron chi connectivity index (χ3n) is 13.8. The lowest BCUT2D eigenvalue weighted by Crippen LogP contribution is -2.60. The Bertz CT molecular complexity index is 2400. The van der Waals surface area contributed by atoms with Crippen molar-refractivity contribution in [2.24, 2.45) is 16.7 Å². The highest BCUT2D eigenvalue weighted by molar-refractivity contribution is 6.27. The number of aromatic nitrogens is 1. The van der Waals surface area contributed by atoms with Crippen LogP contribution in [0.25, 0.3) is 10.8 Å². The van der Waals surface area contributed by atoms with E-state index in [4.69, 9.17) is 23.5 Å². The summed E-state index contributed by atoms with van der Waals surface area (Å²) in [7, 11) is 3.17. The number of methoxy groups -OCH3 is 2. The van der Waals surface area contributed by atoms with Crippen LogP contribution in [0.15, 0.2) is 71.3 Å². The summed E-state index contributed by atoms with van der Waals surface area (Å²) in [6.45, 7) is 9.49. The molecule has 9 rings (SSSR count). The Hall–Kier alpha value is -5.19. The number of phenols is 1. The number of phenolic OH excluding ortho intramolecular Hbond substituents is 1. The maximum atomic E-state index is 15.2. The highest BCUT2D eigenvalue weighted by Gasteiger charge is 2.67. The van der Waals surface area contributed by atoms with Gasteiger partial charge in [0.15, 0.2) is 11.4 Å². The van der Waals surface area contributed by atoms with Gasteiger partial charge < -0.3 is 33.7 Å². The Morgan fingerprint density at radius 2 is 1.43 bits per heavy atom. The van der Waals surface area contributed by atoms with Gasteiger partial charge in [0.25, 0.3) is 5.88 Å². The van der Waals surface area contributed by atoms with E-state index in [1.807, 2.05) is 66.7 Å². The Labute approximate surface area is 325 Å². The maximum absolute atomic E-state index is 15.2. The molecule has 56 heavy (non-hydrogen) atoms. The van der Waals surface area contributed by atoms with Crippen molar-refractivity contribution in [3.63, 3.8) is 0 Å². The summed E-state index contributed by atoms with van der Waals surface area (Å²) < 4.78 is 30.8. The Morgan fingerprint density at radius 3 is 2.04 bits per heavy atom. The van der Waals surface area contributed by atoms with Crippen LogP contribution in [0, 0.1) is 16.7 Å². The Balaban J connectivity index is 1.27. The quantitative estimate of drug-likeness (QED) is 0.149. The summed E-state index contributed by atoms with van der Waals surface area (Å²) in [6, 6.07) is 20.9. The first kappa shape index (κ1) is 36.4. The summed E-state index contributed by atoms with van der Waals surface area (Å²) in [5, 5.41) is 30.6. The second-order valence-electron chi connectivity index (χ2n) is 17.2.